The number of hydrogen-bond donors (Lipinski definition) is 0. The summed E-state index contributed by atoms with van der Waals surface area (Å²) in [5.74, 6) is 0. The normalized spacial score (nSPS) is 14.0. The van der Waals surface area contributed by atoms with Gasteiger partial charge in [0.25, 0.3) is 0 Å². The molecule has 16 rings (SSSR count). The van der Waals surface area contributed by atoms with Crippen LogP contribution in [-0.4, -0.2) is 0 Å². The molecule has 0 radical (unpaired) electrons. The van der Waals surface area contributed by atoms with Crippen LogP contribution in [0.3, 0.4) is 0 Å². The number of anilines is 3. The van der Waals surface area contributed by atoms with Crippen molar-refractivity contribution >= 4 is 60.5 Å². The summed E-state index contributed by atoms with van der Waals surface area (Å²) < 4.78 is 7.38. The van der Waals surface area contributed by atoms with Crippen LogP contribution in [0.2, 0.25) is 0 Å². The molecular weight excluding hydrogens is 895 g/mol. The standard InChI is InChI=1S/C72H47NO/c1-71(2)61-26-11-7-21-53(61)57-38-35-48(42-65(57)71)73(49-36-39-58-56-24-10-14-29-64(56)72(66(58)43-49)62-27-12-8-22-54(62)55-23-9-13-28-63(55)72)67-41-40-60-59-37-34-45-17-4-6-20-52(45)69(59)74-70(60)68(67)47-32-30-46(31-33-47)51-25-15-18-44-16-3-5-19-50(44)51/h3-43H,1-2H3. The molecule has 0 saturated carbocycles. The molecule has 0 saturated heterocycles. The molecule has 0 atom stereocenters. The third kappa shape index (κ3) is 5.49. The van der Waals surface area contributed by atoms with E-state index in [9.17, 15) is 0 Å². The first-order chi connectivity index (χ1) is 36.5. The zero-order chi connectivity index (χ0) is 48.9. The maximum Gasteiger partial charge on any atom is 0.145 e. The third-order valence-electron chi connectivity index (χ3n) is 17.1. The van der Waals surface area contributed by atoms with Crippen molar-refractivity contribution in [1.82, 2.24) is 0 Å². The van der Waals surface area contributed by atoms with E-state index < -0.39 is 5.41 Å². The second-order valence-corrected chi connectivity index (χ2v) is 21.1. The Labute approximate surface area is 430 Å². The van der Waals surface area contributed by atoms with Gasteiger partial charge >= 0.3 is 0 Å². The summed E-state index contributed by atoms with van der Waals surface area (Å²) in [5, 5.41) is 6.95. The Kier molecular flexibility index (Phi) is 8.47. The van der Waals surface area contributed by atoms with Crippen molar-refractivity contribution in [2.45, 2.75) is 24.7 Å². The van der Waals surface area contributed by atoms with Gasteiger partial charge < -0.3 is 9.32 Å². The minimum atomic E-state index is -0.508. The molecule has 74 heavy (non-hydrogen) atoms. The van der Waals surface area contributed by atoms with Crippen LogP contribution in [0, 0.1) is 0 Å². The van der Waals surface area contributed by atoms with Crippen molar-refractivity contribution < 1.29 is 4.42 Å². The summed E-state index contributed by atoms with van der Waals surface area (Å²) >= 11 is 0. The van der Waals surface area contributed by atoms with E-state index in [0.29, 0.717) is 0 Å². The molecule has 0 bridgehead atoms. The number of furan rings is 1. The van der Waals surface area contributed by atoms with E-state index in [0.717, 1.165) is 60.9 Å². The number of hydrogen-bond acceptors (Lipinski definition) is 2. The van der Waals surface area contributed by atoms with Gasteiger partial charge in [0, 0.05) is 38.5 Å². The average Bonchev–Trinajstić information content (AvgIpc) is 4.22. The number of fused-ring (bicyclic) bond motifs is 19. The highest BCUT2D eigenvalue weighted by atomic mass is 16.3. The van der Waals surface area contributed by atoms with Crippen LogP contribution in [0.1, 0.15) is 47.2 Å². The van der Waals surface area contributed by atoms with E-state index in [2.05, 4.69) is 267 Å². The Hall–Kier alpha value is -9.24. The van der Waals surface area contributed by atoms with Crippen LogP contribution in [0.25, 0.3) is 99.1 Å². The quantitative estimate of drug-likeness (QED) is 0.171. The molecule has 1 heterocycles. The lowest BCUT2D eigenvalue weighted by Crippen LogP contribution is -2.26. The SMILES string of the molecule is CC1(C)c2ccccc2-c2ccc(N(c3ccc4c(c3)C3(c5ccccc5-c5ccccc53)c3ccccc3-4)c3ccc4c(oc5c6ccccc6ccc45)c3-c3ccc(-c4cccc5ccccc45)cc3)cc21. The molecule has 3 aliphatic carbocycles. The molecule has 346 valence electrons. The van der Waals surface area contributed by atoms with Gasteiger partial charge in [-0.1, -0.05) is 220 Å². The summed E-state index contributed by atoms with van der Waals surface area (Å²) in [4.78, 5) is 2.53. The largest absolute Gasteiger partial charge is 0.455 e. The second kappa shape index (κ2) is 15.1. The Bertz CT molecular complexity index is 4460. The van der Waals surface area contributed by atoms with Crippen LogP contribution in [-0.2, 0) is 10.8 Å². The lowest BCUT2D eigenvalue weighted by atomic mass is 9.70. The zero-order valence-electron chi connectivity index (χ0n) is 41.0. The fraction of sp³-hybridized carbons (Fsp3) is 0.0556. The highest BCUT2D eigenvalue weighted by Crippen LogP contribution is 2.64. The van der Waals surface area contributed by atoms with Crippen LogP contribution in [0.5, 0.6) is 0 Å². The molecule has 0 N–H and O–H groups in total. The van der Waals surface area contributed by atoms with Crippen LogP contribution in [0.4, 0.5) is 17.1 Å². The van der Waals surface area contributed by atoms with Gasteiger partial charge in [-0.05, 0) is 142 Å². The van der Waals surface area contributed by atoms with Gasteiger partial charge in [-0.15, -0.1) is 0 Å². The predicted octanol–water partition coefficient (Wildman–Crippen LogP) is 19.3. The Morgan fingerprint density at radius 1 is 0.311 bits per heavy atom. The van der Waals surface area contributed by atoms with E-state index in [1.807, 2.05) is 0 Å². The predicted molar refractivity (Wildman–Crippen MR) is 308 cm³/mol. The van der Waals surface area contributed by atoms with Gasteiger partial charge in [0.1, 0.15) is 11.2 Å². The van der Waals surface area contributed by atoms with Crippen molar-refractivity contribution in [3.8, 4) is 55.6 Å². The van der Waals surface area contributed by atoms with Crippen molar-refractivity contribution in [3.05, 3.63) is 282 Å². The van der Waals surface area contributed by atoms with Crippen molar-refractivity contribution in [2.75, 3.05) is 4.90 Å². The van der Waals surface area contributed by atoms with Gasteiger partial charge in [0.05, 0.1) is 11.1 Å². The first-order valence-corrected chi connectivity index (χ1v) is 25.9. The van der Waals surface area contributed by atoms with Gasteiger partial charge in [-0.25, -0.2) is 0 Å². The van der Waals surface area contributed by atoms with Gasteiger partial charge in [0.2, 0.25) is 0 Å². The van der Waals surface area contributed by atoms with E-state index in [1.165, 1.54) is 88.7 Å². The summed E-state index contributed by atoms with van der Waals surface area (Å²) in [6.07, 6.45) is 0. The fourth-order valence-corrected chi connectivity index (χ4v) is 13.8. The molecule has 2 nitrogen and oxygen atoms in total. The molecule has 0 aliphatic heterocycles. The minimum absolute atomic E-state index is 0.210. The number of benzene rings is 12. The molecule has 13 aromatic rings. The summed E-state index contributed by atoms with van der Waals surface area (Å²) in [6.45, 7) is 4.76. The molecule has 1 spiro atoms. The Morgan fingerprint density at radius 3 is 1.43 bits per heavy atom. The van der Waals surface area contributed by atoms with Gasteiger partial charge in [-0.2, -0.15) is 0 Å². The van der Waals surface area contributed by atoms with E-state index in [-0.39, 0.29) is 5.41 Å². The van der Waals surface area contributed by atoms with Gasteiger partial charge in [-0.3, -0.25) is 0 Å². The third-order valence-corrected chi connectivity index (χ3v) is 17.1. The maximum absolute atomic E-state index is 7.38. The lowest BCUT2D eigenvalue weighted by molar-refractivity contribution is 0.660. The van der Waals surface area contributed by atoms with E-state index >= 15 is 0 Å². The van der Waals surface area contributed by atoms with E-state index in [1.54, 1.807) is 0 Å². The molecule has 3 aliphatic rings. The van der Waals surface area contributed by atoms with Crippen LogP contribution >= 0.6 is 0 Å². The fourth-order valence-electron chi connectivity index (χ4n) is 13.8. The number of rotatable bonds is 5. The molecular formula is C72H47NO. The Morgan fingerprint density at radius 2 is 0.770 bits per heavy atom. The van der Waals surface area contributed by atoms with Crippen LogP contribution < -0.4 is 4.90 Å². The molecule has 2 heteroatoms. The molecule has 1 aromatic heterocycles. The van der Waals surface area contributed by atoms with Gasteiger partial charge in [0.15, 0.2) is 0 Å². The van der Waals surface area contributed by atoms with Crippen molar-refractivity contribution in [1.29, 1.82) is 0 Å². The topological polar surface area (TPSA) is 16.4 Å². The maximum atomic E-state index is 7.38. The highest BCUT2D eigenvalue weighted by molar-refractivity contribution is 6.19. The lowest BCUT2D eigenvalue weighted by Gasteiger charge is -2.33. The first-order valence-electron chi connectivity index (χ1n) is 25.9. The Balaban J connectivity index is 0.992. The monoisotopic (exact) mass is 941 g/mol. The number of nitrogens with zero attached hydrogens (tertiary/aromatic N) is 1. The molecule has 0 amide bonds. The minimum Gasteiger partial charge on any atom is -0.455 e. The van der Waals surface area contributed by atoms with Crippen molar-refractivity contribution in [2.24, 2.45) is 0 Å². The highest BCUT2D eigenvalue weighted by Gasteiger charge is 2.51. The second-order valence-electron chi connectivity index (χ2n) is 21.1. The molecule has 12 aromatic carbocycles. The summed E-state index contributed by atoms with van der Waals surface area (Å²) in [5.41, 5.74) is 24.5. The van der Waals surface area contributed by atoms with Crippen LogP contribution in [0.15, 0.2) is 253 Å². The summed E-state index contributed by atoms with van der Waals surface area (Å²) in [6, 6.07) is 92.9. The average molecular weight is 942 g/mol. The first kappa shape index (κ1) is 41.4. The zero-order valence-corrected chi connectivity index (χ0v) is 41.0. The molecule has 0 unspecified atom stereocenters. The van der Waals surface area contributed by atoms with Crippen molar-refractivity contribution in [3.63, 3.8) is 0 Å². The summed E-state index contributed by atoms with van der Waals surface area (Å²) in [7, 11) is 0. The van der Waals surface area contributed by atoms with E-state index in [4.69, 9.17) is 4.42 Å². The molecule has 0 fully saturated rings. The smallest absolute Gasteiger partial charge is 0.145 e.